The fraction of sp³-hybridized carbons (Fsp3) is 0.370. The van der Waals surface area contributed by atoms with Crippen LogP contribution in [-0.2, 0) is 17.6 Å². The highest BCUT2D eigenvalue weighted by Gasteiger charge is 2.44. The van der Waals surface area contributed by atoms with Crippen LogP contribution in [0.2, 0.25) is 0 Å². The molecule has 1 atom stereocenters. The van der Waals surface area contributed by atoms with Gasteiger partial charge in [-0.05, 0) is 57.7 Å². The Labute approximate surface area is 194 Å². The summed E-state index contributed by atoms with van der Waals surface area (Å²) >= 11 is 0. The first-order valence-electron chi connectivity index (χ1n) is 11.2. The van der Waals surface area contributed by atoms with Crippen molar-refractivity contribution in [1.29, 1.82) is 0 Å². The van der Waals surface area contributed by atoms with Crippen molar-refractivity contribution >= 4 is 17.6 Å². The summed E-state index contributed by atoms with van der Waals surface area (Å²) in [5, 5.41) is 0. The smallest absolute Gasteiger partial charge is 0.265 e. The first-order chi connectivity index (χ1) is 15.7. The lowest BCUT2D eigenvalue weighted by atomic mass is 9.86. The van der Waals surface area contributed by atoms with Gasteiger partial charge in [0, 0.05) is 18.5 Å². The second kappa shape index (κ2) is 8.85. The zero-order valence-corrected chi connectivity index (χ0v) is 19.6. The number of carbonyl (C=O) groups is 3. The summed E-state index contributed by atoms with van der Waals surface area (Å²) in [6.45, 7) is 5.92. The van der Waals surface area contributed by atoms with E-state index < -0.39 is 5.60 Å². The van der Waals surface area contributed by atoms with E-state index in [2.05, 4.69) is 0 Å². The van der Waals surface area contributed by atoms with Gasteiger partial charge in [-0.15, -0.1) is 0 Å². The molecule has 0 saturated carbocycles. The molecular weight excluding hydrogens is 418 g/mol. The summed E-state index contributed by atoms with van der Waals surface area (Å²) in [6, 6.07) is 11.4. The number of hydrogen-bond donors (Lipinski definition) is 0. The Kier molecular flexibility index (Phi) is 6.11. The van der Waals surface area contributed by atoms with Crippen LogP contribution in [-0.4, -0.2) is 41.8 Å². The number of ketones is 1. The van der Waals surface area contributed by atoms with Crippen molar-refractivity contribution in [3.63, 3.8) is 0 Å². The monoisotopic (exact) mass is 447 g/mol. The SMILES string of the molecule is COc1cc2c(c3c1CCC(C)(CC(=O)C=C(C)C)O3)C(=O)N(CCc1ccccc1)C2=O. The van der Waals surface area contributed by atoms with Gasteiger partial charge < -0.3 is 9.47 Å². The average Bonchev–Trinajstić information content (AvgIpc) is 3.00. The lowest BCUT2D eigenvalue weighted by molar-refractivity contribution is -0.118. The van der Waals surface area contributed by atoms with Gasteiger partial charge in [-0.25, -0.2) is 0 Å². The van der Waals surface area contributed by atoms with Crippen LogP contribution < -0.4 is 9.47 Å². The molecular formula is C27H29NO5. The first kappa shape index (κ1) is 22.8. The second-order valence-electron chi connectivity index (χ2n) is 9.22. The van der Waals surface area contributed by atoms with Crippen LogP contribution in [0.15, 0.2) is 48.0 Å². The fourth-order valence-corrected chi connectivity index (χ4v) is 4.60. The first-order valence-corrected chi connectivity index (χ1v) is 11.2. The quantitative estimate of drug-likeness (QED) is 0.460. The Balaban J connectivity index is 1.66. The molecule has 0 N–H and O–H groups in total. The molecule has 0 radical (unpaired) electrons. The van der Waals surface area contributed by atoms with E-state index in [0.717, 1.165) is 16.7 Å². The highest BCUT2D eigenvalue weighted by atomic mass is 16.5. The number of methoxy groups -OCH3 is 1. The van der Waals surface area contributed by atoms with Crippen LogP contribution in [0, 0.1) is 0 Å². The van der Waals surface area contributed by atoms with Crippen molar-refractivity contribution in [1.82, 2.24) is 4.90 Å². The second-order valence-corrected chi connectivity index (χ2v) is 9.22. The summed E-state index contributed by atoms with van der Waals surface area (Å²) in [5.41, 5.74) is 2.56. The molecule has 2 aliphatic heterocycles. The molecule has 2 aromatic carbocycles. The van der Waals surface area contributed by atoms with E-state index in [1.165, 1.54) is 4.90 Å². The Morgan fingerprint density at radius 2 is 1.91 bits per heavy atom. The number of amides is 2. The van der Waals surface area contributed by atoms with Crippen LogP contribution in [0.4, 0.5) is 0 Å². The summed E-state index contributed by atoms with van der Waals surface area (Å²) in [5.74, 6) is 0.191. The van der Waals surface area contributed by atoms with Crippen molar-refractivity contribution in [2.75, 3.05) is 13.7 Å². The van der Waals surface area contributed by atoms with E-state index in [-0.39, 0.29) is 36.1 Å². The number of benzene rings is 2. The lowest BCUT2D eigenvalue weighted by Crippen LogP contribution is -2.39. The number of imide groups is 1. The fourth-order valence-electron chi connectivity index (χ4n) is 4.60. The number of fused-ring (bicyclic) bond motifs is 3. The van der Waals surface area contributed by atoms with E-state index in [1.54, 1.807) is 19.3 Å². The maximum Gasteiger partial charge on any atom is 0.265 e. The molecule has 1 unspecified atom stereocenters. The highest BCUT2D eigenvalue weighted by Crippen LogP contribution is 2.46. The summed E-state index contributed by atoms with van der Waals surface area (Å²) in [6.07, 6.45) is 3.58. The van der Waals surface area contributed by atoms with E-state index in [1.807, 2.05) is 51.1 Å². The highest BCUT2D eigenvalue weighted by molar-refractivity contribution is 6.23. The molecule has 2 aromatic rings. The number of hydrogen-bond acceptors (Lipinski definition) is 5. The van der Waals surface area contributed by atoms with Gasteiger partial charge in [-0.2, -0.15) is 0 Å². The Bertz CT molecular complexity index is 1150. The molecule has 172 valence electrons. The molecule has 33 heavy (non-hydrogen) atoms. The number of ether oxygens (including phenoxy) is 2. The van der Waals surface area contributed by atoms with Crippen molar-refractivity contribution in [2.24, 2.45) is 0 Å². The van der Waals surface area contributed by atoms with Gasteiger partial charge in [-0.3, -0.25) is 19.3 Å². The maximum absolute atomic E-state index is 13.4. The zero-order valence-electron chi connectivity index (χ0n) is 19.6. The largest absolute Gasteiger partial charge is 0.496 e. The molecule has 0 bridgehead atoms. The molecule has 2 heterocycles. The minimum atomic E-state index is -0.767. The molecule has 2 amide bonds. The van der Waals surface area contributed by atoms with Crippen molar-refractivity contribution in [2.45, 2.75) is 52.1 Å². The lowest BCUT2D eigenvalue weighted by Gasteiger charge is -2.36. The molecule has 0 spiro atoms. The van der Waals surface area contributed by atoms with Gasteiger partial charge in [0.15, 0.2) is 5.78 Å². The van der Waals surface area contributed by atoms with Crippen LogP contribution in [0.25, 0.3) is 0 Å². The molecule has 0 aliphatic carbocycles. The molecule has 6 heteroatoms. The molecule has 0 fully saturated rings. The topological polar surface area (TPSA) is 72.9 Å². The predicted molar refractivity (Wildman–Crippen MR) is 125 cm³/mol. The minimum absolute atomic E-state index is 0.0209. The molecule has 4 rings (SSSR count). The number of carbonyl (C=O) groups excluding carboxylic acids is 3. The minimum Gasteiger partial charge on any atom is -0.496 e. The van der Waals surface area contributed by atoms with Gasteiger partial charge in [0.05, 0.1) is 18.2 Å². The van der Waals surface area contributed by atoms with Crippen LogP contribution in [0.1, 0.15) is 65.5 Å². The van der Waals surface area contributed by atoms with Crippen LogP contribution >= 0.6 is 0 Å². The van der Waals surface area contributed by atoms with Gasteiger partial charge in [0.1, 0.15) is 17.1 Å². The average molecular weight is 448 g/mol. The van der Waals surface area contributed by atoms with Gasteiger partial charge >= 0.3 is 0 Å². The van der Waals surface area contributed by atoms with E-state index >= 15 is 0 Å². The van der Waals surface area contributed by atoms with E-state index in [9.17, 15) is 14.4 Å². The van der Waals surface area contributed by atoms with Gasteiger partial charge in [0.2, 0.25) is 0 Å². The molecule has 6 nitrogen and oxygen atoms in total. The van der Waals surface area contributed by atoms with Crippen LogP contribution in [0.5, 0.6) is 11.5 Å². The van der Waals surface area contributed by atoms with Crippen molar-refractivity contribution < 1.29 is 23.9 Å². The third-order valence-electron chi connectivity index (χ3n) is 6.21. The third kappa shape index (κ3) is 4.42. The Morgan fingerprint density at radius 1 is 1.18 bits per heavy atom. The maximum atomic E-state index is 13.4. The molecule has 0 aromatic heterocycles. The summed E-state index contributed by atoms with van der Waals surface area (Å²) in [7, 11) is 1.54. The van der Waals surface area contributed by atoms with Gasteiger partial charge in [0.25, 0.3) is 11.8 Å². The predicted octanol–water partition coefficient (Wildman–Crippen LogP) is 4.54. The van der Waals surface area contributed by atoms with Crippen molar-refractivity contribution in [3.05, 3.63) is 70.3 Å². The standard InChI is InChI=1S/C27H29NO5/c1-17(2)14-19(29)16-27(3)12-10-20-22(32-4)15-21-23(24(20)33-27)26(31)28(25(21)30)13-11-18-8-6-5-7-9-18/h5-9,14-15H,10-13,16H2,1-4H3. The normalized spacial score (nSPS) is 19.0. The number of rotatable bonds is 7. The van der Waals surface area contributed by atoms with E-state index in [0.29, 0.717) is 36.3 Å². The molecule has 2 aliphatic rings. The summed E-state index contributed by atoms with van der Waals surface area (Å²) in [4.78, 5) is 40.3. The summed E-state index contributed by atoms with van der Waals surface area (Å²) < 4.78 is 11.9. The molecule has 0 saturated heterocycles. The van der Waals surface area contributed by atoms with Gasteiger partial charge in [-0.1, -0.05) is 35.9 Å². The Hall–Kier alpha value is -3.41. The number of allylic oxidation sites excluding steroid dienone is 2. The van der Waals surface area contributed by atoms with Crippen molar-refractivity contribution in [3.8, 4) is 11.5 Å². The Morgan fingerprint density at radius 3 is 2.58 bits per heavy atom. The third-order valence-corrected chi connectivity index (χ3v) is 6.21. The number of nitrogens with zero attached hydrogens (tertiary/aromatic N) is 1. The zero-order chi connectivity index (χ0) is 23.8. The van der Waals surface area contributed by atoms with Crippen LogP contribution in [0.3, 0.4) is 0 Å². The van der Waals surface area contributed by atoms with E-state index in [4.69, 9.17) is 9.47 Å².